The standard InChI is InChI=1S/C30H29N5O3/c36-28-16-25(7-10-32-28)35-11-12-37-27(18-35)29-30-21(6-9-33-29)13-22-15-23(3-4-26(22)38-30)34-17-24-14-20(5-8-31-24)19-1-2-19/h3-10,14-16,19,27,34H,1-2,11-13,17-18H2,(H,32,36). The van der Waals surface area contributed by atoms with Gasteiger partial charge in [0, 0.05) is 60.1 Å². The Labute approximate surface area is 220 Å². The summed E-state index contributed by atoms with van der Waals surface area (Å²) in [5, 5.41) is 3.53. The minimum absolute atomic E-state index is 0.113. The first-order chi connectivity index (χ1) is 18.7. The zero-order valence-electron chi connectivity index (χ0n) is 21.0. The largest absolute Gasteiger partial charge is 0.455 e. The second-order valence-corrected chi connectivity index (χ2v) is 10.2. The fraction of sp³-hybridized carbons (Fsp3) is 0.300. The molecular weight excluding hydrogens is 478 g/mol. The lowest BCUT2D eigenvalue weighted by atomic mass is 9.98. The molecule has 3 aromatic heterocycles. The molecule has 1 aliphatic carbocycles. The number of ether oxygens (including phenoxy) is 2. The summed E-state index contributed by atoms with van der Waals surface area (Å²) < 4.78 is 12.6. The van der Waals surface area contributed by atoms with Crippen LogP contribution in [0.25, 0.3) is 0 Å². The Morgan fingerprint density at radius 2 is 1.95 bits per heavy atom. The number of nitrogens with zero attached hydrogens (tertiary/aromatic N) is 3. The summed E-state index contributed by atoms with van der Waals surface area (Å²) in [5.41, 5.74) is 7.30. The SMILES string of the molecule is O=c1cc(N2CCOC(c3nccc4c3Oc3ccc(NCc5cc(C6CC6)ccn5)cc3C4)C2)cc[nH]1. The van der Waals surface area contributed by atoms with E-state index in [9.17, 15) is 4.79 Å². The molecule has 0 radical (unpaired) electrons. The third-order valence-electron chi connectivity index (χ3n) is 7.53. The molecule has 8 heteroatoms. The molecule has 1 aromatic carbocycles. The van der Waals surface area contributed by atoms with Crippen LogP contribution in [0.2, 0.25) is 0 Å². The van der Waals surface area contributed by atoms with Gasteiger partial charge < -0.3 is 24.7 Å². The molecule has 7 rings (SSSR count). The predicted octanol–water partition coefficient (Wildman–Crippen LogP) is 4.93. The van der Waals surface area contributed by atoms with Crippen molar-refractivity contribution in [3.05, 3.63) is 106 Å². The number of aromatic amines is 1. The van der Waals surface area contributed by atoms with Gasteiger partial charge in [0.1, 0.15) is 17.5 Å². The average molecular weight is 508 g/mol. The van der Waals surface area contributed by atoms with Gasteiger partial charge >= 0.3 is 0 Å². The molecule has 192 valence electrons. The molecule has 4 aromatic rings. The van der Waals surface area contributed by atoms with Crippen LogP contribution >= 0.6 is 0 Å². The van der Waals surface area contributed by atoms with E-state index in [1.807, 2.05) is 30.6 Å². The van der Waals surface area contributed by atoms with E-state index < -0.39 is 0 Å². The molecule has 0 bridgehead atoms. The van der Waals surface area contributed by atoms with Gasteiger partial charge in [-0.2, -0.15) is 0 Å². The monoisotopic (exact) mass is 507 g/mol. The van der Waals surface area contributed by atoms with Gasteiger partial charge in [-0.05, 0) is 66.8 Å². The highest BCUT2D eigenvalue weighted by molar-refractivity contribution is 5.58. The van der Waals surface area contributed by atoms with E-state index in [1.54, 1.807) is 12.3 Å². The van der Waals surface area contributed by atoms with E-state index in [-0.39, 0.29) is 11.7 Å². The van der Waals surface area contributed by atoms with Crippen molar-refractivity contribution in [1.29, 1.82) is 0 Å². The second kappa shape index (κ2) is 9.61. The van der Waals surface area contributed by atoms with E-state index in [0.29, 0.717) is 19.7 Å². The Kier molecular flexibility index (Phi) is 5.81. The molecule has 0 spiro atoms. The van der Waals surface area contributed by atoms with Gasteiger partial charge in [0.05, 0.1) is 25.4 Å². The van der Waals surface area contributed by atoms with Gasteiger partial charge in [-0.15, -0.1) is 0 Å². The van der Waals surface area contributed by atoms with E-state index in [1.165, 1.54) is 18.4 Å². The number of rotatable bonds is 6. The molecule has 1 saturated heterocycles. The molecular formula is C30H29N5O3. The van der Waals surface area contributed by atoms with Crippen molar-refractivity contribution >= 4 is 11.4 Å². The number of nitrogens with one attached hydrogen (secondary N) is 2. The highest BCUT2D eigenvalue weighted by atomic mass is 16.5. The van der Waals surface area contributed by atoms with E-state index >= 15 is 0 Å². The van der Waals surface area contributed by atoms with Crippen molar-refractivity contribution in [2.24, 2.45) is 0 Å². The molecule has 38 heavy (non-hydrogen) atoms. The van der Waals surface area contributed by atoms with Crippen LogP contribution in [-0.2, 0) is 17.7 Å². The Morgan fingerprint density at radius 1 is 1.03 bits per heavy atom. The maximum atomic E-state index is 11.8. The van der Waals surface area contributed by atoms with Gasteiger partial charge in [-0.3, -0.25) is 14.8 Å². The molecule has 2 N–H and O–H groups in total. The van der Waals surface area contributed by atoms with Crippen LogP contribution in [0.4, 0.5) is 11.4 Å². The number of morpholine rings is 1. The third kappa shape index (κ3) is 4.63. The van der Waals surface area contributed by atoms with Crippen LogP contribution in [0.1, 0.15) is 52.9 Å². The summed E-state index contributed by atoms with van der Waals surface area (Å²) in [7, 11) is 0. The fourth-order valence-electron chi connectivity index (χ4n) is 5.37. The lowest BCUT2D eigenvalue weighted by molar-refractivity contribution is 0.0355. The second-order valence-electron chi connectivity index (χ2n) is 10.2. The molecule has 2 fully saturated rings. The number of hydrogen-bond acceptors (Lipinski definition) is 7. The summed E-state index contributed by atoms with van der Waals surface area (Å²) >= 11 is 0. The molecule has 0 amide bonds. The number of benzene rings is 1. The van der Waals surface area contributed by atoms with Gasteiger partial charge in [0.25, 0.3) is 0 Å². The number of H-pyrrole nitrogens is 1. The highest BCUT2D eigenvalue weighted by Crippen LogP contribution is 2.42. The first-order valence-electron chi connectivity index (χ1n) is 13.2. The van der Waals surface area contributed by atoms with Crippen LogP contribution in [0, 0.1) is 0 Å². The summed E-state index contributed by atoms with van der Waals surface area (Å²) in [6, 6.07) is 16.1. The molecule has 1 saturated carbocycles. The van der Waals surface area contributed by atoms with Crippen molar-refractivity contribution < 1.29 is 9.47 Å². The summed E-state index contributed by atoms with van der Waals surface area (Å²) in [5.74, 6) is 2.34. The highest BCUT2D eigenvalue weighted by Gasteiger charge is 2.30. The molecule has 5 heterocycles. The summed E-state index contributed by atoms with van der Waals surface area (Å²) in [4.78, 5) is 25.9. The summed E-state index contributed by atoms with van der Waals surface area (Å²) in [6.07, 6.45) is 8.52. The minimum atomic E-state index is -0.251. The maximum absolute atomic E-state index is 11.8. The quantitative estimate of drug-likeness (QED) is 0.337. The van der Waals surface area contributed by atoms with Gasteiger partial charge in [-0.25, -0.2) is 0 Å². The fourth-order valence-corrected chi connectivity index (χ4v) is 5.37. The van der Waals surface area contributed by atoms with E-state index in [2.05, 4.69) is 49.4 Å². The number of anilines is 2. The molecule has 2 aliphatic heterocycles. The summed E-state index contributed by atoms with van der Waals surface area (Å²) in [6.45, 7) is 2.55. The number of hydrogen-bond donors (Lipinski definition) is 2. The Morgan fingerprint density at radius 3 is 2.84 bits per heavy atom. The van der Waals surface area contributed by atoms with Crippen molar-refractivity contribution in [3.63, 3.8) is 0 Å². The third-order valence-corrected chi connectivity index (χ3v) is 7.53. The Bertz CT molecular complexity index is 1550. The van der Waals surface area contributed by atoms with Gasteiger partial charge in [-0.1, -0.05) is 0 Å². The topological polar surface area (TPSA) is 92.4 Å². The van der Waals surface area contributed by atoms with Crippen molar-refractivity contribution in [1.82, 2.24) is 15.0 Å². The molecule has 8 nitrogen and oxygen atoms in total. The van der Waals surface area contributed by atoms with Crippen LogP contribution < -0.4 is 20.5 Å². The zero-order chi connectivity index (χ0) is 25.5. The first kappa shape index (κ1) is 23.0. The van der Waals surface area contributed by atoms with E-state index in [4.69, 9.17) is 9.47 Å². The lowest BCUT2D eigenvalue weighted by Crippen LogP contribution is -2.39. The van der Waals surface area contributed by atoms with Crippen LogP contribution in [0.15, 0.2) is 71.9 Å². The van der Waals surface area contributed by atoms with Crippen LogP contribution in [-0.4, -0.2) is 34.6 Å². The Balaban J connectivity index is 1.08. The van der Waals surface area contributed by atoms with Gasteiger partial charge in [0.15, 0.2) is 5.75 Å². The van der Waals surface area contributed by atoms with Crippen molar-refractivity contribution in [3.8, 4) is 11.5 Å². The van der Waals surface area contributed by atoms with Gasteiger partial charge in [0.2, 0.25) is 5.56 Å². The molecule has 3 aliphatic rings. The smallest absolute Gasteiger partial charge is 0.249 e. The van der Waals surface area contributed by atoms with Crippen LogP contribution in [0.5, 0.6) is 11.5 Å². The zero-order valence-corrected chi connectivity index (χ0v) is 21.0. The van der Waals surface area contributed by atoms with Crippen molar-refractivity contribution in [2.75, 3.05) is 29.9 Å². The van der Waals surface area contributed by atoms with Crippen molar-refractivity contribution in [2.45, 2.75) is 37.8 Å². The predicted molar refractivity (Wildman–Crippen MR) is 145 cm³/mol. The minimum Gasteiger partial charge on any atom is -0.455 e. The normalized spacial score (nSPS) is 18.3. The number of aromatic nitrogens is 3. The number of pyridine rings is 3. The average Bonchev–Trinajstić information content (AvgIpc) is 3.81. The van der Waals surface area contributed by atoms with E-state index in [0.717, 1.165) is 64.3 Å². The van der Waals surface area contributed by atoms with Crippen LogP contribution in [0.3, 0.4) is 0 Å². The number of fused-ring (bicyclic) bond motifs is 2. The first-order valence-corrected chi connectivity index (χ1v) is 13.2. The molecule has 1 unspecified atom stereocenters. The lowest BCUT2D eigenvalue weighted by Gasteiger charge is -2.35. The molecule has 1 atom stereocenters. The maximum Gasteiger partial charge on any atom is 0.249 e. The Hall–Kier alpha value is -4.17.